The summed E-state index contributed by atoms with van der Waals surface area (Å²) in [6.07, 6.45) is 1.16. The van der Waals surface area contributed by atoms with Gasteiger partial charge in [0.05, 0.1) is 7.11 Å². The summed E-state index contributed by atoms with van der Waals surface area (Å²) in [6, 6.07) is 8.73. The highest BCUT2D eigenvalue weighted by Crippen LogP contribution is 2.12. The van der Waals surface area contributed by atoms with E-state index in [0.29, 0.717) is 6.04 Å². The molecular formula is C12H19NO. The Labute approximate surface area is 86.3 Å². The topological polar surface area (TPSA) is 21.3 Å². The van der Waals surface area contributed by atoms with Gasteiger partial charge in [0.1, 0.15) is 5.75 Å². The fraction of sp³-hybridized carbons (Fsp3) is 0.500. The maximum Gasteiger partial charge on any atom is 0.119 e. The minimum absolute atomic E-state index is 0.571. The van der Waals surface area contributed by atoms with E-state index in [1.54, 1.807) is 7.11 Å². The van der Waals surface area contributed by atoms with E-state index in [9.17, 15) is 0 Å². The molecule has 0 aliphatic heterocycles. The van der Waals surface area contributed by atoms with Crippen LogP contribution in [0.5, 0.6) is 5.75 Å². The summed E-state index contributed by atoms with van der Waals surface area (Å²) < 4.78 is 5.16. The molecule has 0 spiro atoms. The van der Waals surface area contributed by atoms with Gasteiger partial charge in [-0.2, -0.15) is 0 Å². The molecule has 0 bridgehead atoms. The monoisotopic (exact) mass is 193 g/mol. The summed E-state index contributed by atoms with van der Waals surface area (Å²) in [5.74, 6) is 0.924. The SMILES string of the molecule is CC[C@H](C)NCc1cccc(OC)c1. The number of methoxy groups -OCH3 is 1. The van der Waals surface area contributed by atoms with Crippen LogP contribution in [0.4, 0.5) is 0 Å². The highest BCUT2D eigenvalue weighted by atomic mass is 16.5. The second-order valence-corrected chi connectivity index (χ2v) is 3.54. The normalized spacial score (nSPS) is 12.5. The lowest BCUT2D eigenvalue weighted by Crippen LogP contribution is -2.24. The van der Waals surface area contributed by atoms with Crippen molar-refractivity contribution in [2.75, 3.05) is 7.11 Å². The lowest BCUT2D eigenvalue weighted by molar-refractivity contribution is 0.413. The highest BCUT2D eigenvalue weighted by Gasteiger charge is 1.99. The standard InChI is InChI=1S/C12H19NO/c1-4-10(2)13-9-11-6-5-7-12(8-11)14-3/h5-8,10,13H,4,9H2,1-3H3/t10-/m0/s1. The smallest absolute Gasteiger partial charge is 0.119 e. The van der Waals surface area contributed by atoms with E-state index in [0.717, 1.165) is 18.7 Å². The Morgan fingerprint density at radius 3 is 2.86 bits per heavy atom. The van der Waals surface area contributed by atoms with Crippen molar-refractivity contribution in [1.82, 2.24) is 5.32 Å². The van der Waals surface area contributed by atoms with Crippen molar-refractivity contribution in [2.45, 2.75) is 32.9 Å². The molecule has 1 aromatic carbocycles. The molecule has 14 heavy (non-hydrogen) atoms. The molecule has 0 aliphatic rings. The van der Waals surface area contributed by atoms with Crippen LogP contribution in [0, 0.1) is 0 Å². The predicted molar refractivity (Wildman–Crippen MR) is 59.6 cm³/mol. The zero-order valence-electron chi connectivity index (χ0n) is 9.21. The first-order valence-electron chi connectivity index (χ1n) is 5.12. The molecule has 0 amide bonds. The van der Waals surface area contributed by atoms with Gasteiger partial charge in [0.2, 0.25) is 0 Å². The Morgan fingerprint density at radius 2 is 2.21 bits per heavy atom. The number of hydrogen-bond acceptors (Lipinski definition) is 2. The first kappa shape index (κ1) is 11.1. The van der Waals surface area contributed by atoms with Crippen LogP contribution in [0.3, 0.4) is 0 Å². The molecule has 1 N–H and O–H groups in total. The van der Waals surface area contributed by atoms with Gasteiger partial charge in [-0.15, -0.1) is 0 Å². The van der Waals surface area contributed by atoms with Crippen molar-refractivity contribution >= 4 is 0 Å². The van der Waals surface area contributed by atoms with Crippen LogP contribution in [0.15, 0.2) is 24.3 Å². The molecule has 2 heteroatoms. The minimum atomic E-state index is 0.571. The van der Waals surface area contributed by atoms with E-state index in [4.69, 9.17) is 4.74 Å². The lowest BCUT2D eigenvalue weighted by atomic mass is 10.2. The average molecular weight is 193 g/mol. The highest BCUT2D eigenvalue weighted by molar-refractivity contribution is 5.28. The van der Waals surface area contributed by atoms with E-state index in [1.807, 2.05) is 12.1 Å². The first-order valence-corrected chi connectivity index (χ1v) is 5.12. The molecule has 1 atom stereocenters. The van der Waals surface area contributed by atoms with Crippen molar-refractivity contribution in [3.8, 4) is 5.75 Å². The van der Waals surface area contributed by atoms with Crippen LogP contribution in [-0.2, 0) is 6.54 Å². The van der Waals surface area contributed by atoms with Gasteiger partial charge < -0.3 is 10.1 Å². The second kappa shape index (κ2) is 5.66. The summed E-state index contributed by atoms with van der Waals surface area (Å²) in [5, 5.41) is 3.44. The van der Waals surface area contributed by atoms with Crippen molar-refractivity contribution in [1.29, 1.82) is 0 Å². The molecule has 0 unspecified atom stereocenters. The van der Waals surface area contributed by atoms with E-state index >= 15 is 0 Å². The Bertz CT molecular complexity index is 273. The molecule has 1 rings (SSSR count). The summed E-state index contributed by atoms with van der Waals surface area (Å²) in [7, 11) is 1.70. The van der Waals surface area contributed by atoms with Gasteiger partial charge in [-0.1, -0.05) is 19.1 Å². The average Bonchev–Trinajstić information content (AvgIpc) is 2.26. The fourth-order valence-corrected chi connectivity index (χ4v) is 1.22. The van der Waals surface area contributed by atoms with Gasteiger partial charge >= 0.3 is 0 Å². The van der Waals surface area contributed by atoms with Crippen molar-refractivity contribution in [3.05, 3.63) is 29.8 Å². The second-order valence-electron chi connectivity index (χ2n) is 3.54. The number of rotatable bonds is 5. The van der Waals surface area contributed by atoms with Gasteiger partial charge in [-0.25, -0.2) is 0 Å². The third-order valence-corrected chi connectivity index (χ3v) is 2.40. The largest absolute Gasteiger partial charge is 0.497 e. The number of hydrogen-bond donors (Lipinski definition) is 1. The molecule has 0 fully saturated rings. The zero-order chi connectivity index (χ0) is 10.4. The van der Waals surface area contributed by atoms with Crippen molar-refractivity contribution in [2.24, 2.45) is 0 Å². The van der Waals surface area contributed by atoms with Crippen LogP contribution in [0.25, 0.3) is 0 Å². The third kappa shape index (κ3) is 3.38. The molecule has 0 saturated heterocycles. The Kier molecular flexibility index (Phi) is 4.47. The molecular weight excluding hydrogens is 174 g/mol. The summed E-state index contributed by atoms with van der Waals surface area (Å²) in [6.45, 7) is 5.29. The predicted octanol–water partition coefficient (Wildman–Crippen LogP) is 2.58. The molecule has 0 radical (unpaired) electrons. The van der Waals surface area contributed by atoms with E-state index in [2.05, 4.69) is 31.3 Å². The molecule has 0 aliphatic carbocycles. The Morgan fingerprint density at radius 1 is 1.43 bits per heavy atom. The molecule has 0 aromatic heterocycles. The van der Waals surface area contributed by atoms with Crippen LogP contribution in [0.1, 0.15) is 25.8 Å². The number of nitrogens with one attached hydrogen (secondary N) is 1. The van der Waals surface area contributed by atoms with Gasteiger partial charge in [0.25, 0.3) is 0 Å². The van der Waals surface area contributed by atoms with Crippen LogP contribution >= 0.6 is 0 Å². The van der Waals surface area contributed by atoms with Gasteiger partial charge in [0, 0.05) is 12.6 Å². The Hall–Kier alpha value is -1.02. The Balaban J connectivity index is 2.50. The maximum absolute atomic E-state index is 5.16. The summed E-state index contributed by atoms with van der Waals surface area (Å²) in [4.78, 5) is 0. The first-order chi connectivity index (χ1) is 6.76. The number of benzene rings is 1. The molecule has 0 heterocycles. The quantitative estimate of drug-likeness (QED) is 0.776. The zero-order valence-corrected chi connectivity index (χ0v) is 9.21. The summed E-state index contributed by atoms with van der Waals surface area (Å²) >= 11 is 0. The van der Waals surface area contributed by atoms with Crippen molar-refractivity contribution in [3.63, 3.8) is 0 Å². The van der Waals surface area contributed by atoms with Crippen molar-refractivity contribution < 1.29 is 4.74 Å². The van der Waals surface area contributed by atoms with E-state index in [-0.39, 0.29) is 0 Å². The van der Waals surface area contributed by atoms with Gasteiger partial charge in [-0.3, -0.25) is 0 Å². The number of ether oxygens (including phenoxy) is 1. The van der Waals surface area contributed by atoms with Crippen LogP contribution in [-0.4, -0.2) is 13.2 Å². The van der Waals surface area contributed by atoms with E-state index in [1.165, 1.54) is 5.56 Å². The van der Waals surface area contributed by atoms with Crippen LogP contribution < -0.4 is 10.1 Å². The van der Waals surface area contributed by atoms with Gasteiger partial charge in [-0.05, 0) is 31.0 Å². The summed E-state index contributed by atoms with van der Waals surface area (Å²) in [5.41, 5.74) is 1.27. The molecule has 2 nitrogen and oxygen atoms in total. The van der Waals surface area contributed by atoms with E-state index < -0.39 is 0 Å². The fourth-order valence-electron chi connectivity index (χ4n) is 1.22. The van der Waals surface area contributed by atoms with Crippen LogP contribution in [0.2, 0.25) is 0 Å². The molecule has 78 valence electrons. The molecule has 0 saturated carbocycles. The molecule has 1 aromatic rings. The minimum Gasteiger partial charge on any atom is -0.497 e. The third-order valence-electron chi connectivity index (χ3n) is 2.40. The lowest BCUT2D eigenvalue weighted by Gasteiger charge is -2.11. The van der Waals surface area contributed by atoms with Gasteiger partial charge in [0.15, 0.2) is 0 Å². The maximum atomic E-state index is 5.16.